The van der Waals surface area contributed by atoms with E-state index in [0.717, 1.165) is 0 Å². The van der Waals surface area contributed by atoms with Crippen molar-refractivity contribution in [2.75, 3.05) is 0 Å². The predicted octanol–water partition coefficient (Wildman–Crippen LogP) is -2.54. The molecule has 5 nitrogen and oxygen atoms in total. The summed E-state index contributed by atoms with van der Waals surface area (Å²) >= 11 is -2.23. The zero-order valence-corrected chi connectivity index (χ0v) is 9.58. The van der Waals surface area contributed by atoms with Crippen LogP contribution in [0.15, 0.2) is 27.7 Å². The molecular weight excluding hydrogens is 203 g/mol. The zero-order valence-electron chi connectivity index (χ0n) is 6.76. The van der Waals surface area contributed by atoms with Crippen LogP contribution in [-0.2, 0) is 11.1 Å². The van der Waals surface area contributed by atoms with E-state index in [1.54, 1.807) is 0 Å². The largest absolute Gasteiger partial charge is 1.00 e. The first-order chi connectivity index (χ1) is 5.77. The summed E-state index contributed by atoms with van der Waals surface area (Å²) in [5.74, 6) is 0. The van der Waals surface area contributed by atoms with E-state index >= 15 is 0 Å². The molecule has 1 aromatic heterocycles. The maximum absolute atomic E-state index is 10.5. The summed E-state index contributed by atoms with van der Waals surface area (Å²) in [5.41, 5.74) is 0.987. The van der Waals surface area contributed by atoms with E-state index in [9.17, 15) is 8.76 Å². The zero-order chi connectivity index (χ0) is 8.55. The molecule has 1 aromatic carbocycles. The van der Waals surface area contributed by atoms with E-state index in [1.807, 2.05) is 0 Å². The summed E-state index contributed by atoms with van der Waals surface area (Å²) in [7, 11) is 0. The Morgan fingerprint density at radius 1 is 1.31 bits per heavy atom. The Kier molecular flexibility index (Phi) is 3.57. The molecule has 1 atom stereocenters. The van der Waals surface area contributed by atoms with Crippen molar-refractivity contribution >= 4 is 22.1 Å². The summed E-state index contributed by atoms with van der Waals surface area (Å²) in [4.78, 5) is 0.179. The van der Waals surface area contributed by atoms with Gasteiger partial charge in [0, 0.05) is 4.90 Å². The van der Waals surface area contributed by atoms with Gasteiger partial charge in [-0.1, -0.05) is 0 Å². The van der Waals surface area contributed by atoms with E-state index in [-0.39, 0.29) is 34.5 Å². The number of aromatic nitrogens is 2. The van der Waals surface area contributed by atoms with Crippen LogP contribution >= 0.6 is 0 Å². The fourth-order valence-corrected chi connectivity index (χ4v) is 1.25. The number of fused-ring (bicyclic) bond motifs is 1. The molecule has 0 saturated carbocycles. The van der Waals surface area contributed by atoms with Crippen LogP contribution in [-0.4, -0.2) is 19.1 Å². The Balaban J connectivity index is 0.000000845. The van der Waals surface area contributed by atoms with Crippen LogP contribution in [0.25, 0.3) is 11.0 Å². The summed E-state index contributed by atoms with van der Waals surface area (Å²) < 4.78 is 25.4. The first-order valence-corrected chi connectivity index (χ1v) is 4.16. The number of benzene rings is 1. The second-order valence-electron chi connectivity index (χ2n) is 2.15. The van der Waals surface area contributed by atoms with E-state index in [0.29, 0.717) is 11.0 Å². The van der Waals surface area contributed by atoms with Gasteiger partial charge in [-0.2, -0.15) is 0 Å². The van der Waals surface area contributed by atoms with E-state index < -0.39 is 11.1 Å². The van der Waals surface area contributed by atoms with Gasteiger partial charge in [0.2, 0.25) is 0 Å². The molecule has 0 aliphatic carbocycles. The monoisotopic (exact) mass is 206 g/mol. The molecule has 7 heteroatoms. The van der Waals surface area contributed by atoms with Crippen molar-refractivity contribution < 1.29 is 42.9 Å². The molecule has 62 valence electrons. The van der Waals surface area contributed by atoms with Crippen molar-refractivity contribution in [2.45, 2.75) is 4.90 Å². The summed E-state index contributed by atoms with van der Waals surface area (Å²) in [5, 5.41) is 7.03. The number of hydrogen-bond acceptors (Lipinski definition) is 5. The molecule has 0 bridgehead atoms. The summed E-state index contributed by atoms with van der Waals surface area (Å²) in [6, 6.07) is 4.38. The average molecular weight is 206 g/mol. The smallest absolute Gasteiger partial charge is 0.768 e. The third kappa shape index (κ3) is 2.15. The van der Waals surface area contributed by atoms with E-state index in [4.69, 9.17) is 0 Å². The van der Waals surface area contributed by atoms with Crippen LogP contribution in [0.4, 0.5) is 0 Å². The van der Waals surface area contributed by atoms with Gasteiger partial charge in [-0.25, -0.2) is 4.63 Å². The Morgan fingerprint density at radius 3 is 2.69 bits per heavy atom. The van der Waals surface area contributed by atoms with Crippen molar-refractivity contribution in [3.63, 3.8) is 0 Å². The second-order valence-corrected chi connectivity index (χ2v) is 3.09. The van der Waals surface area contributed by atoms with Crippen molar-refractivity contribution in [1.82, 2.24) is 10.3 Å². The molecule has 2 rings (SSSR count). The molecule has 0 fully saturated rings. The fraction of sp³-hybridized carbons (Fsp3) is 0. The van der Waals surface area contributed by atoms with Crippen LogP contribution in [0.3, 0.4) is 0 Å². The molecule has 1 heterocycles. The molecular formula is C6H3N2NaO3S. The molecule has 0 N–H and O–H groups in total. The molecule has 0 spiro atoms. The summed E-state index contributed by atoms with van der Waals surface area (Å²) in [6.07, 6.45) is 0. The third-order valence-corrected chi connectivity index (χ3v) is 2.06. The Labute approximate surface area is 98.0 Å². The van der Waals surface area contributed by atoms with Gasteiger partial charge in [-0.3, -0.25) is 4.21 Å². The molecule has 2 aromatic rings. The number of hydrogen-bond donors (Lipinski definition) is 0. The van der Waals surface area contributed by atoms with Crippen LogP contribution in [0, 0.1) is 0 Å². The standard InChI is InChI=1S/C6H4N2O3S.Na/c9-12(10)4-1-2-5-6(3-4)8-11-7-5;/h1-3H,(H,9,10);/q;+1/p-1. The van der Waals surface area contributed by atoms with Gasteiger partial charge in [-0.15, -0.1) is 0 Å². The molecule has 0 aliphatic rings. The van der Waals surface area contributed by atoms with Crippen molar-refractivity contribution in [3.8, 4) is 0 Å². The summed E-state index contributed by atoms with van der Waals surface area (Å²) in [6.45, 7) is 0. The quantitative estimate of drug-likeness (QED) is 0.379. The SMILES string of the molecule is O=S([O-])c1ccc2nonc2c1.[Na+]. The molecule has 0 amide bonds. The molecule has 0 saturated heterocycles. The Hall–Kier alpha value is -0.270. The van der Waals surface area contributed by atoms with Gasteiger partial charge in [0.15, 0.2) is 0 Å². The van der Waals surface area contributed by atoms with Crippen LogP contribution in [0.5, 0.6) is 0 Å². The van der Waals surface area contributed by atoms with Gasteiger partial charge in [-0.05, 0) is 39.6 Å². The molecule has 1 unspecified atom stereocenters. The van der Waals surface area contributed by atoms with Crippen LogP contribution < -0.4 is 29.6 Å². The minimum atomic E-state index is -2.23. The molecule has 0 radical (unpaired) electrons. The van der Waals surface area contributed by atoms with Gasteiger partial charge < -0.3 is 4.55 Å². The second kappa shape index (κ2) is 4.30. The van der Waals surface area contributed by atoms with Gasteiger partial charge >= 0.3 is 29.6 Å². The predicted molar refractivity (Wildman–Crippen MR) is 39.0 cm³/mol. The Morgan fingerprint density at radius 2 is 2.00 bits per heavy atom. The van der Waals surface area contributed by atoms with Crippen LogP contribution in [0.1, 0.15) is 0 Å². The Bertz CT molecular complexity index is 444. The normalized spacial score (nSPS) is 12.4. The average Bonchev–Trinajstić information content (AvgIpc) is 2.49. The number of nitrogens with zero attached hydrogens (tertiary/aromatic N) is 2. The maximum Gasteiger partial charge on any atom is 1.00 e. The first-order valence-electron chi connectivity index (χ1n) is 3.09. The first kappa shape index (κ1) is 10.8. The molecule has 0 aliphatic heterocycles. The van der Waals surface area contributed by atoms with Crippen molar-refractivity contribution in [1.29, 1.82) is 0 Å². The van der Waals surface area contributed by atoms with Crippen molar-refractivity contribution in [2.24, 2.45) is 0 Å². The maximum atomic E-state index is 10.5. The van der Waals surface area contributed by atoms with Crippen LogP contribution in [0.2, 0.25) is 0 Å². The fourth-order valence-electron chi connectivity index (χ4n) is 0.866. The van der Waals surface area contributed by atoms with Gasteiger partial charge in [0.25, 0.3) is 0 Å². The molecule has 13 heavy (non-hydrogen) atoms. The third-order valence-electron chi connectivity index (χ3n) is 1.42. The van der Waals surface area contributed by atoms with Gasteiger partial charge in [0.1, 0.15) is 11.0 Å². The number of rotatable bonds is 1. The van der Waals surface area contributed by atoms with Crippen molar-refractivity contribution in [3.05, 3.63) is 18.2 Å². The minimum Gasteiger partial charge on any atom is -0.768 e. The topological polar surface area (TPSA) is 79.0 Å². The van der Waals surface area contributed by atoms with Gasteiger partial charge in [0.05, 0.1) is 0 Å². The van der Waals surface area contributed by atoms with E-state index in [1.165, 1.54) is 18.2 Å². The van der Waals surface area contributed by atoms with E-state index in [2.05, 4.69) is 14.9 Å². The minimum absolute atomic E-state index is 0.